The van der Waals surface area contributed by atoms with Crippen LogP contribution in [0.5, 0.6) is 0 Å². The number of rotatable bonds is 14. The summed E-state index contributed by atoms with van der Waals surface area (Å²) in [4.78, 5) is 10.3. The number of carbonyl (C=O) groups is 1. The van der Waals surface area contributed by atoms with Crippen molar-refractivity contribution in [1.29, 1.82) is 0 Å². The van der Waals surface area contributed by atoms with Gasteiger partial charge in [-0.3, -0.25) is 4.79 Å². The minimum atomic E-state index is -0.665. The lowest BCUT2D eigenvalue weighted by Crippen LogP contribution is -1.93. The molecule has 0 aliphatic carbocycles. The number of aliphatic carboxylic acids is 1. The molecule has 2 nitrogen and oxygen atoms in total. The molecule has 0 bridgehead atoms. The summed E-state index contributed by atoms with van der Waals surface area (Å²) >= 11 is 0. The van der Waals surface area contributed by atoms with E-state index in [4.69, 9.17) is 5.11 Å². The maximum Gasteiger partial charge on any atom is 0.303 e. The first-order valence-corrected chi connectivity index (χ1v) is 8.29. The average molecular weight is 280 g/mol. The highest BCUT2D eigenvalue weighted by Gasteiger charge is 1.96. The Bertz CT molecular complexity index is 267. The fraction of sp³-hybridized carbons (Fsp3) is 0.722. The third-order valence-electron chi connectivity index (χ3n) is 3.32. The summed E-state index contributed by atoms with van der Waals surface area (Å²) in [6.07, 6.45) is 22.3. The predicted molar refractivity (Wildman–Crippen MR) is 87.0 cm³/mol. The van der Waals surface area contributed by atoms with Crippen molar-refractivity contribution in [2.24, 2.45) is 0 Å². The molecule has 0 fully saturated rings. The molecule has 0 saturated heterocycles. The molecule has 0 atom stereocenters. The minimum Gasteiger partial charge on any atom is -0.481 e. The lowest BCUT2D eigenvalue weighted by molar-refractivity contribution is -0.137. The van der Waals surface area contributed by atoms with Gasteiger partial charge in [0.15, 0.2) is 0 Å². The van der Waals surface area contributed by atoms with Gasteiger partial charge in [-0.15, -0.1) is 0 Å². The monoisotopic (exact) mass is 280 g/mol. The van der Waals surface area contributed by atoms with Crippen LogP contribution in [0.2, 0.25) is 0 Å². The Hall–Kier alpha value is -1.05. The van der Waals surface area contributed by atoms with Crippen molar-refractivity contribution in [3.05, 3.63) is 24.3 Å². The quantitative estimate of drug-likeness (QED) is 0.318. The van der Waals surface area contributed by atoms with Gasteiger partial charge in [-0.05, 0) is 32.1 Å². The van der Waals surface area contributed by atoms with Crippen LogP contribution in [-0.2, 0) is 4.79 Å². The maximum atomic E-state index is 10.3. The molecule has 2 heteroatoms. The van der Waals surface area contributed by atoms with Crippen LogP contribution in [0, 0.1) is 0 Å². The Balaban J connectivity index is 3.12. The zero-order valence-electron chi connectivity index (χ0n) is 13.2. The molecule has 116 valence electrons. The van der Waals surface area contributed by atoms with E-state index < -0.39 is 5.97 Å². The summed E-state index contributed by atoms with van der Waals surface area (Å²) in [6, 6.07) is 0. The SMILES string of the molecule is CCC/C=C\C/C=C/CCCCCCCCCC(=O)O. The first-order valence-electron chi connectivity index (χ1n) is 8.29. The van der Waals surface area contributed by atoms with Crippen molar-refractivity contribution >= 4 is 5.97 Å². The molecule has 0 aromatic heterocycles. The van der Waals surface area contributed by atoms with E-state index in [2.05, 4.69) is 31.2 Å². The highest BCUT2D eigenvalue weighted by molar-refractivity contribution is 5.66. The van der Waals surface area contributed by atoms with Crippen LogP contribution in [-0.4, -0.2) is 11.1 Å². The lowest BCUT2D eigenvalue weighted by Gasteiger charge is -2.00. The van der Waals surface area contributed by atoms with Crippen LogP contribution in [0.15, 0.2) is 24.3 Å². The van der Waals surface area contributed by atoms with E-state index in [1.165, 1.54) is 51.4 Å². The molecular weight excluding hydrogens is 248 g/mol. The van der Waals surface area contributed by atoms with Gasteiger partial charge in [-0.25, -0.2) is 0 Å². The molecule has 0 saturated carbocycles. The standard InChI is InChI=1S/C18H32O2/c1-2-3-4-5-6-7-8-9-10-11-12-13-14-15-16-17-18(19)20/h4-5,7-8H,2-3,6,9-17H2,1H3,(H,19,20)/b5-4-,8-7+. The summed E-state index contributed by atoms with van der Waals surface area (Å²) in [5.74, 6) is -0.665. The Kier molecular flexibility index (Phi) is 15.2. The van der Waals surface area contributed by atoms with Crippen LogP contribution in [0.3, 0.4) is 0 Å². The fourth-order valence-electron chi connectivity index (χ4n) is 2.10. The number of hydrogen-bond donors (Lipinski definition) is 1. The molecule has 1 N–H and O–H groups in total. The van der Waals surface area contributed by atoms with E-state index in [0.717, 1.165) is 19.3 Å². The fourth-order valence-corrected chi connectivity index (χ4v) is 2.10. The van der Waals surface area contributed by atoms with Crippen LogP contribution in [0.1, 0.15) is 84.0 Å². The van der Waals surface area contributed by atoms with Crippen molar-refractivity contribution in [3.8, 4) is 0 Å². The molecule has 0 unspecified atom stereocenters. The molecule has 0 spiro atoms. The Morgan fingerprint density at radius 1 is 0.800 bits per heavy atom. The zero-order valence-corrected chi connectivity index (χ0v) is 13.2. The molecule has 0 amide bonds. The van der Waals surface area contributed by atoms with Crippen molar-refractivity contribution in [2.75, 3.05) is 0 Å². The largest absolute Gasteiger partial charge is 0.481 e. The van der Waals surface area contributed by atoms with Gasteiger partial charge in [0.05, 0.1) is 0 Å². The second-order valence-electron chi connectivity index (χ2n) is 5.37. The van der Waals surface area contributed by atoms with E-state index >= 15 is 0 Å². The van der Waals surface area contributed by atoms with Crippen molar-refractivity contribution in [2.45, 2.75) is 84.0 Å². The number of hydrogen-bond acceptors (Lipinski definition) is 1. The van der Waals surface area contributed by atoms with Gasteiger partial charge in [0.2, 0.25) is 0 Å². The first-order chi connectivity index (χ1) is 9.77. The van der Waals surface area contributed by atoms with Crippen LogP contribution < -0.4 is 0 Å². The minimum absolute atomic E-state index is 0.331. The average Bonchev–Trinajstić information content (AvgIpc) is 2.43. The Labute approximate surface area is 125 Å². The molecular formula is C18H32O2. The molecule has 0 aromatic carbocycles. The van der Waals surface area contributed by atoms with Crippen LogP contribution in [0.4, 0.5) is 0 Å². The topological polar surface area (TPSA) is 37.3 Å². The van der Waals surface area contributed by atoms with Gasteiger partial charge in [-0.1, -0.05) is 69.8 Å². The highest BCUT2D eigenvalue weighted by atomic mass is 16.4. The van der Waals surface area contributed by atoms with E-state index in [1.54, 1.807) is 0 Å². The smallest absolute Gasteiger partial charge is 0.303 e. The number of allylic oxidation sites excluding steroid dienone is 4. The van der Waals surface area contributed by atoms with Gasteiger partial charge >= 0.3 is 5.97 Å². The third kappa shape index (κ3) is 16.9. The molecule has 0 rings (SSSR count). The van der Waals surface area contributed by atoms with E-state index in [-0.39, 0.29) is 0 Å². The van der Waals surface area contributed by atoms with Crippen LogP contribution >= 0.6 is 0 Å². The van der Waals surface area contributed by atoms with Gasteiger partial charge in [0.1, 0.15) is 0 Å². The van der Waals surface area contributed by atoms with Crippen LogP contribution in [0.25, 0.3) is 0 Å². The Morgan fingerprint density at radius 2 is 1.35 bits per heavy atom. The first kappa shape index (κ1) is 18.9. The predicted octanol–water partition coefficient (Wildman–Crippen LogP) is 5.88. The second-order valence-corrected chi connectivity index (χ2v) is 5.37. The summed E-state index contributed by atoms with van der Waals surface area (Å²) in [5, 5.41) is 8.51. The molecule has 0 heterocycles. The summed E-state index contributed by atoms with van der Waals surface area (Å²) < 4.78 is 0. The molecule has 20 heavy (non-hydrogen) atoms. The van der Waals surface area contributed by atoms with Crippen molar-refractivity contribution < 1.29 is 9.90 Å². The highest BCUT2D eigenvalue weighted by Crippen LogP contribution is 2.10. The molecule has 0 radical (unpaired) electrons. The lowest BCUT2D eigenvalue weighted by atomic mass is 10.1. The Morgan fingerprint density at radius 3 is 1.95 bits per heavy atom. The number of carboxylic acids is 1. The second kappa shape index (κ2) is 16.0. The third-order valence-corrected chi connectivity index (χ3v) is 3.32. The maximum absolute atomic E-state index is 10.3. The van der Waals surface area contributed by atoms with Gasteiger partial charge in [-0.2, -0.15) is 0 Å². The number of carboxylic acid groups (broad SMARTS) is 1. The normalized spacial score (nSPS) is 11.7. The molecule has 0 aliphatic rings. The van der Waals surface area contributed by atoms with E-state index in [0.29, 0.717) is 6.42 Å². The molecule has 0 aliphatic heterocycles. The van der Waals surface area contributed by atoms with E-state index in [9.17, 15) is 4.79 Å². The summed E-state index contributed by atoms with van der Waals surface area (Å²) in [5.41, 5.74) is 0. The summed E-state index contributed by atoms with van der Waals surface area (Å²) in [7, 11) is 0. The van der Waals surface area contributed by atoms with Crippen molar-refractivity contribution in [3.63, 3.8) is 0 Å². The van der Waals surface area contributed by atoms with Gasteiger partial charge < -0.3 is 5.11 Å². The summed E-state index contributed by atoms with van der Waals surface area (Å²) in [6.45, 7) is 2.20. The van der Waals surface area contributed by atoms with Gasteiger partial charge in [0, 0.05) is 6.42 Å². The van der Waals surface area contributed by atoms with E-state index in [1.807, 2.05) is 0 Å². The van der Waals surface area contributed by atoms with Crippen molar-refractivity contribution in [1.82, 2.24) is 0 Å². The molecule has 0 aromatic rings. The van der Waals surface area contributed by atoms with Gasteiger partial charge in [0.25, 0.3) is 0 Å². The number of unbranched alkanes of at least 4 members (excludes halogenated alkanes) is 8. The zero-order chi connectivity index (χ0) is 14.9.